The first-order chi connectivity index (χ1) is 8.29. The fourth-order valence-corrected chi connectivity index (χ4v) is 2.23. The van der Waals surface area contributed by atoms with Crippen LogP contribution in [0.4, 0.5) is 0 Å². The summed E-state index contributed by atoms with van der Waals surface area (Å²) in [6.07, 6.45) is 2.44. The van der Waals surface area contributed by atoms with Crippen LogP contribution >= 0.6 is 11.6 Å². The third-order valence-corrected chi connectivity index (χ3v) is 3.42. The molecule has 2 aromatic rings. The number of hydrogen-bond acceptors (Lipinski definition) is 2. The van der Waals surface area contributed by atoms with Crippen LogP contribution in [0.3, 0.4) is 0 Å². The van der Waals surface area contributed by atoms with Crippen LogP contribution in [0.5, 0.6) is 0 Å². The Kier molecular flexibility index (Phi) is 2.65. The molecule has 1 aromatic heterocycles. The highest BCUT2D eigenvalue weighted by molar-refractivity contribution is 6.33. The molecule has 1 saturated carbocycles. The van der Waals surface area contributed by atoms with E-state index in [0.29, 0.717) is 12.5 Å². The summed E-state index contributed by atoms with van der Waals surface area (Å²) < 4.78 is 0. The van der Waals surface area contributed by atoms with Gasteiger partial charge in [-0.15, -0.1) is 0 Å². The molecule has 0 atom stereocenters. The second-order valence-corrected chi connectivity index (χ2v) is 4.81. The molecule has 17 heavy (non-hydrogen) atoms. The molecule has 0 aliphatic heterocycles. The van der Waals surface area contributed by atoms with Crippen molar-refractivity contribution in [1.29, 1.82) is 0 Å². The number of nitrogens with two attached hydrogens (primary N) is 1. The molecule has 0 spiro atoms. The molecule has 0 radical (unpaired) electrons. The third-order valence-electron chi connectivity index (χ3n) is 3.09. The monoisotopic (exact) mass is 247 g/mol. The average Bonchev–Trinajstić information content (AvgIpc) is 3.10. The number of H-pyrrole nitrogens is 1. The molecule has 1 aliphatic carbocycles. The van der Waals surface area contributed by atoms with Gasteiger partial charge >= 0.3 is 0 Å². The Morgan fingerprint density at radius 2 is 2.12 bits per heavy atom. The highest BCUT2D eigenvalue weighted by Crippen LogP contribution is 2.40. The maximum atomic E-state index is 6.20. The normalized spacial score (nSPS) is 15.2. The van der Waals surface area contributed by atoms with Gasteiger partial charge in [0.05, 0.1) is 16.4 Å². The second-order valence-electron chi connectivity index (χ2n) is 4.41. The summed E-state index contributed by atoms with van der Waals surface area (Å²) in [6, 6.07) is 7.74. The van der Waals surface area contributed by atoms with Crippen LogP contribution in [0, 0.1) is 0 Å². The number of benzene rings is 1. The fourth-order valence-electron chi connectivity index (χ4n) is 2.00. The largest absolute Gasteiger partial charge is 0.344 e. The Balaban J connectivity index is 2.09. The summed E-state index contributed by atoms with van der Waals surface area (Å²) in [5.41, 5.74) is 8.59. The third kappa shape index (κ3) is 1.96. The summed E-state index contributed by atoms with van der Waals surface area (Å²) in [7, 11) is 0. The molecular formula is C13H14ClN3. The van der Waals surface area contributed by atoms with Gasteiger partial charge in [0.2, 0.25) is 0 Å². The van der Waals surface area contributed by atoms with Crippen LogP contribution in [0.15, 0.2) is 24.3 Å². The van der Waals surface area contributed by atoms with Crippen LogP contribution in [-0.4, -0.2) is 9.97 Å². The van der Waals surface area contributed by atoms with Gasteiger partial charge in [-0.2, -0.15) is 0 Å². The van der Waals surface area contributed by atoms with Crippen molar-refractivity contribution in [2.75, 3.05) is 0 Å². The van der Waals surface area contributed by atoms with Crippen molar-refractivity contribution in [3.63, 3.8) is 0 Å². The first kappa shape index (κ1) is 10.8. The lowest BCUT2D eigenvalue weighted by Crippen LogP contribution is -1.99. The van der Waals surface area contributed by atoms with Crippen molar-refractivity contribution in [3.8, 4) is 11.3 Å². The van der Waals surface area contributed by atoms with E-state index in [1.807, 2.05) is 24.3 Å². The van der Waals surface area contributed by atoms with Crippen LogP contribution in [0.2, 0.25) is 5.02 Å². The lowest BCUT2D eigenvalue weighted by atomic mass is 10.1. The molecule has 1 aromatic carbocycles. The topological polar surface area (TPSA) is 54.7 Å². The Morgan fingerprint density at radius 1 is 1.35 bits per heavy atom. The van der Waals surface area contributed by atoms with Crippen LogP contribution in [0.1, 0.15) is 30.3 Å². The van der Waals surface area contributed by atoms with E-state index in [0.717, 1.165) is 27.8 Å². The first-order valence-corrected chi connectivity index (χ1v) is 6.21. The Hall–Kier alpha value is -1.32. The maximum absolute atomic E-state index is 6.20. The highest BCUT2D eigenvalue weighted by atomic mass is 35.5. The minimum atomic E-state index is 0.459. The van der Waals surface area contributed by atoms with E-state index in [2.05, 4.69) is 9.97 Å². The molecule has 1 heterocycles. The Morgan fingerprint density at radius 3 is 2.76 bits per heavy atom. The van der Waals surface area contributed by atoms with Crippen molar-refractivity contribution in [3.05, 3.63) is 40.8 Å². The highest BCUT2D eigenvalue weighted by Gasteiger charge is 2.28. The molecule has 0 unspecified atom stereocenters. The molecule has 88 valence electrons. The molecule has 0 bridgehead atoms. The summed E-state index contributed by atoms with van der Waals surface area (Å²) in [5.74, 6) is 1.65. The van der Waals surface area contributed by atoms with Crippen molar-refractivity contribution >= 4 is 11.6 Å². The molecular weight excluding hydrogens is 234 g/mol. The van der Waals surface area contributed by atoms with Gasteiger partial charge in [0.1, 0.15) is 5.82 Å². The van der Waals surface area contributed by atoms with E-state index in [4.69, 9.17) is 17.3 Å². The fraction of sp³-hybridized carbons (Fsp3) is 0.308. The number of aromatic amines is 1. The Bertz CT molecular complexity index is 543. The van der Waals surface area contributed by atoms with Crippen LogP contribution in [0.25, 0.3) is 11.3 Å². The van der Waals surface area contributed by atoms with Gasteiger partial charge in [-0.25, -0.2) is 4.98 Å². The SMILES string of the molecule is NCc1[nH]c(C2CC2)nc1-c1ccccc1Cl. The lowest BCUT2D eigenvalue weighted by Gasteiger charge is -2.02. The first-order valence-electron chi connectivity index (χ1n) is 5.83. The summed E-state index contributed by atoms with van der Waals surface area (Å²) in [6.45, 7) is 0.459. The zero-order valence-electron chi connectivity index (χ0n) is 9.41. The standard InChI is InChI=1S/C13H14ClN3/c14-10-4-2-1-3-9(10)12-11(7-15)16-13(17-12)8-5-6-8/h1-4,8H,5-7,15H2,(H,16,17). The van der Waals surface area contributed by atoms with Gasteiger partial charge in [-0.05, 0) is 18.9 Å². The molecule has 1 fully saturated rings. The van der Waals surface area contributed by atoms with Gasteiger partial charge in [-0.1, -0.05) is 29.8 Å². The number of nitrogens with one attached hydrogen (secondary N) is 1. The number of imidazole rings is 1. The van der Waals surface area contributed by atoms with Gasteiger partial charge in [0.25, 0.3) is 0 Å². The average molecular weight is 248 g/mol. The van der Waals surface area contributed by atoms with E-state index in [-0.39, 0.29) is 0 Å². The Labute approximate surface area is 105 Å². The van der Waals surface area contributed by atoms with Crippen molar-refractivity contribution < 1.29 is 0 Å². The quantitative estimate of drug-likeness (QED) is 0.876. The lowest BCUT2D eigenvalue weighted by molar-refractivity contribution is 0.940. The molecule has 3 rings (SSSR count). The second kappa shape index (κ2) is 4.17. The van der Waals surface area contributed by atoms with Crippen LogP contribution in [-0.2, 0) is 6.54 Å². The summed E-state index contributed by atoms with van der Waals surface area (Å²) in [4.78, 5) is 7.98. The van der Waals surface area contributed by atoms with Crippen molar-refractivity contribution in [2.45, 2.75) is 25.3 Å². The van der Waals surface area contributed by atoms with Gasteiger partial charge in [-0.3, -0.25) is 0 Å². The summed E-state index contributed by atoms with van der Waals surface area (Å²) in [5, 5.41) is 0.719. The van der Waals surface area contributed by atoms with Crippen molar-refractivity contribution in [2.24, 2.45) is 5.73 Å². The van der Waals surface area contributed by atoms with E-state index in [9.17, 15) is 0 Å². The minimum Gasteiger partial charge on any atom is -0.344 e. The number of halogens is 1. The number of hydrogen-bond donors (Lipinski definition) is 2. The van der Waals surface area contributed by atoms with Crippen molar-refractivity contribution in [1.82, 2.24) is 9.97 Å². The van der Waals surface area contributed by atoms with E-state index < -0.39 is 0 Å². The molecule has 3 nitrogen and oxygen atoms in total. The molecule has 0 saturated heterocycles. The van der Waals surface area contributed by atoms with E-state index in [1.54, 1.807) is 0 Å². The van der Waals surface area contributed by atoms with Gasteiger partial charge < -0.3 is 10.7 Å². The minimum absolute atomic E-state index is 0.459. The molecule has 1 aliphatic rings. The summed E-state index contributed by atoms with van der Waals surface area (Å²) >= 11 is 6.20. The van der Waals surface area contributed by atoms with E-state index in [1.165, 1.54) is 12.8 Å². The molecule has 3 N–H and O–H groups in total. The van der Waals surface area contributed by atoms with Crippen LogP contribution < -0.4 is 5.73 Å². The van der Waals surface area contributed by atoms with Gasteiger partial charge in [0, 0.05) is 18.0 Å². The zero-order valence-corrected chi connectivity index (χ0v) is 10.2. The maximum Gasteiger partial charge on any atom is 0.110 e. The smallest absolute Gasteiger partial charge is 0.110 e. The molecule has 4 heteroatoms. The number of nitrogens with zero attached hydrogens (tertiary/aromatic N) is 1. The molecule has 0 amide bonds. The number of aromatic nitrogens is 2. The van der Waals surface area contributed by atoms with E-state index >= 15 is 0 Å². The van der Waals surface area contributed by atoms with Gasteiger partial charge in [0.15, 0.2) is 0 Å². The predicted molar refractivity (Wildman–Crippen MR) is 68.9 cm³/mol. The predicted octanol–water partition coefficient (Wildman–Crippen LogP) is 3.07. The zero-order chi connectivity index (χ0) is 11.8. The number of rotatable bonds is 3.